The van der Waals surface area contributed by atoms with E-state index in [-0.39, 0.29) is 50.1 Å². The molecule has 1 N–H and O–H groups in total. The third kappa shape index (κ3) is 80.5. The van der Waals surface area contributed by atoms with Crippen molar-refractivity contribution in [2.75, 3.05) is 0 Å². The van der Waals surface area contributed by atoms with Gasteiger partial charge < -0.3 is 0 Å². The van der Waals surface area contributed by atoms with Gasteiger partial charge in [0.15, 0.2) is 0 Å². The van der Waals surface area contributed by atoms with Gasteiger partial charge in [0.1, 0.15) is 0 Å². The Morgan fingerprint density at radius 2 is 1.43 bits per heavy atom. The van der Waals surface area contributed by atoms with Crippen molar-refractivity contribution in [1.82, 2.24) is 0 Å². The summed E-state index contributed by atoms with van der Waals surface area (Å²) in [5.74, 6) is 0. The molecule has 0 saturated heterocycles. The van der Waals surface area contributed by atoms with Crippen molar-refractivity contribution in [2.24, 2.45) is 0 Å². The van der Waals surface area contributed by atoms with Gasteiger partial charge in [0.2, 0.25) is 0 Å². The molecule has 0 radical (unpaired) electrons. The van der Waals surface area contributed by atoms with Crippen LogP contribution in [0.3, 0.4) is 0 Å². The molecule has 0 atom stereocenters. The van der Waals surface area contributed by atoms with Gasteiger partial charge >= 0.3 is 46.9 Å². The summed E-state index contributed by atoms with van der Waals surface area (Å²) in [6, 6.07) is 0. The second-order valence-corrected chi connectivity index (χ2v) is 2.73. The van der Waals surface area contributed by atoms with E-state index in [2.05, 4.69) is 11.7 Å². The molecule has 7 heteroatoms. The number of thiol groups is 1. The summed E-state index contributed by atoms with van der Waals surface area (Å²) in [5.41, 5.74) is 0. The molecule has 0 aromatic heterocycles. The van der Waals surface area contributed by atoms with Crippen LogP contribution in [-0.2, 0) is 9.15 Å². The van der Waals surface area contributed by atoms with E-state index in [0.29, 0.717) is 0 Å². The number of halogens is 1. The summed E-state index contributed by atoms with van der Waals surface area (Å²) in [5, 5.41) is 0. The zero-order chi connectivity index (χ0) is 4.50. The molecule has 0 saturated carbocycles. The van der Waals surface area contributed by atoms with Gasteiger partial charge in [0.25, 0.3) is 0 Å². The van der Waals surface area contributed by atoms with E-state index in [1.165, 1.54) is 0 Å². The van der Waals surface area contributed by atoms with E-state index in [1.54, 1.807) is 0 Å². The Balaban J connectivity index is -0.0000000800. The third-order valence-electron chi connectivity index (χ3n) is 0. The molecule has 7 heavy (non-hydrogen) atoms. The molecule has 0 unspecified atom stereocenters. The van der Waals surface area contributed by atoms with Crippen molar-refractivity contribution in [2.45, 2.75) is 0 Å². The molecule has 0 aliphatic heterocycles. The molecular weight excluding hydrogens is 188 g/mol. The zero-order valence-electron chi connectivity index (χ0n) is 2.53. The van der Waals surface area contributed by atoms with E-state index in [0.717, 1.165) is 0 Å². The van der Waals surface area contributed by atoms with Gasteiger partial charge in [-0.05, 0) is 11.7 Å². The normalized spacial score (nSPS) is 8.29. The number of hydrogen-bond donors (Lipinski definition) is 2. The number of hydrogen-bond acceptors (Lipinski definition) is 2. The van der Waals surface area contributed by atoms with Crippen molar-refractivity contribution in [1.29, 1.82) is 0 Å². The van der Waals surface area contributed by atoms with Gasteiger partial charge in [-0.2, -0.15) is 8.42 Å². The fourth-order valence-electron chi connectivity index (χ4n) is 0. The summed E-state index contributed by atoms with van der Waals surface area (Å²) in [6.45, 7) is 0. The molecule has 0 heterocycles. The Hall–Kier alpha value is 1.81. The van der Waals surface area contributed by atoms with Crippen LogP contribution in [0.5, 0.6) is 0 Å². The van der Waals surface area contributed by atoms with E-state index in [9.17, 15) is 0 Å². The summed E-state index contributed by atoms with van der Waals surface area (Å²) in [7, 11) is -3.97. The molecule has 0 aliphatic rings. The van der Waals surface area contributed by atoms with E-state index in [1.807, 2.05) is 0 Å². The van der Waals surface area contributed by atoms with Crippen molar-refractivity contribution < 1.29 is 13.0 Å². The SMILES string of the molecule is Cl.O=S(=O)(O)S.[CaH2]. The standard InChI is InChI=1S/Ca.ClH.H2O3S2.2H/c;;1-5(2,3)4;;/h;1H;(H2,1,2,3,4);;. The van der Waals surface area contributed by atoms with Crippen molar-refractivity contribution >= 4 is 71.0 Å². The summed E-state index contributed by atoms with van der Waals surface area (Å²) >= 11 is 2.65. The molecule has 0 spiro atoms. The van der Waals surface area contributed by atoms with Gasteiger partial charge in [-0.1, -0.05) is 0 Å². The predicted octanol–water partition coefficient (Wildman–Crippen LogP) is -0.775. The van der Waals surface area contributed by atoms with Crippen LogP contribution in [0.4, 0.5) is 0 Å². The van der Waals surface area contributed by atoms with Crippen molar-refractivity contribution in [3.63, 3.8) is 0 Å². The molecular formula is H5CaClO3S2. The van der Waals surface area contributed by atoms with Crippen LogP contribution in [0.25, 0.3) is 0 Å². The van der Waals surface area contributed by atoms with Crippen LogP contribution in [0, 0.1) is 0 Å². The Morgan fingerprint density at radius 3 is 1.43 bits per heavy atom. The molecule has 3 nitrogen and oxygen atoms in total. The summed E-state index contributed by atoms with van der Waals surface area (Å²) < 4.78 is 25.5. The van der Waals surface area contributed by atoms with Crippen LogP contribution >= 0.6 is 24.1 Å². The minimum atomic E-state index is -3.97. The fourth-order valence-corrected chi connectivity index (χ4v) is 0. The van der Waals surface area contributed by atoms with Gasteiger partial charge in [-0.15, -0.1) is 12.4 Å². The monoisotopic (exact) mass is 192 g/mol. The van der Waals surface area contributed by atoms with Gasteiger partial charge in [-0.3, -0.25) is 4.55 Å². The first-order valence-electron chi connectivity index (χ1n) is 0.698. The van der Waals surface area contributed by atoms with E-state index >= 15 is 0 Å². The Bertz CT molecular complexity index is 96.1. The average Bonchev–Trinajstić information content (AvgIpc) is 0.722. The van der Waals surface area contributed by atoms with Crippen LogP contribution in [0.2, 0.25) is 0 Å². The Morgan fingerprint density at radius 1 is 1.43 bits per heavy atom. The van der Waals surface area contributed by atoms with Crippen LogP contribution in [-0.4, -0.2) is 50.7 Å². The second kappa shape index (κ2) is 5.94. The molecule has 0 aliphatic carbocycles. The average molecular weight is 193 g/mol. The third-order valence-corrected chi connectivity index (χ3v) is 0. The van der Waals surface area contributed by atoms with Gasteiger partial charge in [-0.25, -0.2) is 0 Å². The predicted molar refractivity (Wildman–Crippen MR) is 36.3 cm³/mol. The van der Waals surface area contributed by atoms with Crippen LogP contribution in [0.1, 0.15) is 0 Å². The molecule has 0 aromatic carbocycles. The molecule has 44 valence electrons. The Kier molecular flexibility index (Phi) is 13.5. The van der Waals surface area contributed by atoms with Crippen LogP contribution in [0.15, 0.2) is 0 Å². The van der Waals surface area contributed by atoms with Crippen molar-refractivity contribution in [3.8, 4) is 0 Å². The Labute approximate surface area is 82.8 Å². The van der Waals surface area contributed by atoms with Gasteiger partial charge in [0.05, 0.1) is 0 Å². The molecule has 0 bridgehead atoms. The minimum absolute atomic E-state index is 0. The number of rotatable bonds is 0. The topological polar surface area (TPSA) is 54.4 Å². The first-order valence-corrected chi connectivity index (χ1v) is 3.19. The molecule has 0 aromatic rings. The van der Waals surface area contributed by atoms with E-state index in [4.69, 9.17) is 13.0 Å². The summed E-state index contributed by atoms with van der Waals surface area (Å²) in [4.78, 5) is 0. The first kappa shape index (κ1) is 15.9. The first-order chi connectivity index (χ1) is 2.00. The van der Waals surface area contributed by atoms with Crippen molar-refractivity contribution in [3.05, 3.63) is 0 Å². The fraction of sp³-hybridized carbons (Fsp3) is 0. The molecule has 0 fully saturated rings. The van der Waals surface area contributed by atoms with Crippen LogP contribution < -0.4 is 0 Å². The second-order valence-electron chi connectivity index (χ2n) is 0.448. The van der Waals surface area contributed by atoms with E-state index < -0.39 is 9.15 Å². The summed E-state index contributed by atoms with van der Waals surface area (Å²) in [6.07, 6.45) is 0. The zero-order valence-corrected chi connectivity index (χ0v) is 5.05. The molecule has 0 amide bonds. The quantitative estimate of drug-likeness (QED) is 0.229. The molecule has 0 rings (SSSR count). The van der Waals surface area contributed by atoms with Gasteiger partial charge in [0, 0.05) is 0 Å². The maximum absolute atomic E-state index is 9.05. The maximum atomic E-state index is 9.05.